The molecule has 2 heterocycles. The summed E-state index contributed by atoms with van der Waals surface area (Å²) in [5.74, 6) is 0. The van der Waals surface area contributed by atoms with Gasteiger partial charge in [0.2, 0.25) is 0 Å². The second-order valence-electron chi connectivity index (χ2n) is 6.33. The zero-order valence-electron chi connectivity index (χ0n) is 14.5. The van der Waals surface area contributed by atoms with Crippen LogP contribution in [0.1, 0.15) is 19.5 Å². The third kappa shape index (κ3) is 3.48. The summed E-state index contributed by atoms with van der Waals surface area (Å²) in [6, 6.07) is 11.3. The van der Waals surface area contributed by atoms with Crippen molar-refractivity contribution in [3.63, 3.8) is 0 Å². The Morgan fingerprint density at radius 3 is 2.61 bits per heavy atom. The number of anilines is 1. The number of fused-ring (bicyclic) bond motifs is 1. The average molecular weight is 313 g/mol. The van der Waals surface area contributed by atoms with Gasteiger partial charge in [-0.2, -0.15) is 0 Å². The van der Waals surface area contributed by atoms with E-state index < -0.39 is 0 Å². The summed E-state index contributed by atoms with van der Waals surface area (Å²) in [7, 11) is 1.78. The first-order chi connectivity index (χ1) is 11.2. The van der Waals surface area contributed by atoms with Crippen LogP contribution >= 0.6 is 0 Å². The number of pyridine rings is 1. The number of nitrogens with zero attached hydrogens (tertiary/aromatic N) is 3. The summed E-state index contributed by atoms with van der Waals surface area (Å²) < 4.78 is 5.29. The third-order valence-electron chi connectivity index (χ3n) is 4.80. The number of hydrogen-bond acceptors (Lipinski definition) is 4. The highest BCUT2D eigenvalue weighted by atomic mass is 16.5. The highest BCUT2D eigenvalue weighted by Gasteiger charge is 2.22. The molecule has 0 saturated carbocycles. The van der Waals surface area contributed by atoms with Gasteiger partial charge in [-0.05, 0) is 25.5 Å². The van der Waals surface area contributed by atoms with Crippen molar-refractivity contribution in [2.24, 2.45) is 0 Å². The van der Waals surface area contributed by atoms with Crippen molar-refractivity contribution in [2.45, 2.75) is 26.3 Å². The molecule has 4 nitrogen and oxygen atoms in total. The number of hydrogen-bond donors (Lipinski definition) is 0. The first kappa shape index (κ1) is 16.2. The molecule has 0 N–H and O–H groups in total. The molecule has 0 aliphatic carbocycles. The van der Waals surface area contributed by atoms with E-state index in [1.165, 1.54) is 16.8 Å². The number of methoxy groups -OCH3 is 1. The van der Waals surface area contributed by atoms with Gasteiger partial charge in [0.05, 0.1) is 12.1 Å². The fraction of sp³-hybridized carbons (Fsp3) is 0.526. The van der Waals surface area contributed by atoms with E-state index in [2.05, 4.69) is 54.0 Å². The summed E-state index contributed by atoms with van der Waals surface area (Å²) in [6.45, 7) is 9.52. The van der Waals surface area contributed by atoms with Crippen LogP contribution in [0.5, 0.6) is 0 Å². The maximum absolute atomic E-state index is 5.29. The normalized spacial score (nSPS) is 17.6. The van der Waals surface area contributed by atoms with Crippen LogP contribution in [0.25, 0.3) is 10.9 Å². The van der Waals surface area contributed by atoms with E-state index in [0.717, 1.165) is 44.7 Å². The third-order valence-corrected chi connectivity index (χ3v) is 4.80. The summed E-state index contributed by atoms with van der Waals surface area (Å²) in [5.41, 5.74) is 3.62. The Bertz CT molecular complexity index is 650. The minimum Gasteiger partial charge on any atom is -0.383 e. The molecule has 0 spiro atoms. The van der Waals surface area contributed by atoms with Crippen LogP contribution in [0.3, 0.4) is 0 Å². The van der Waals surface area contributed by atoms with E-state index in [4.69, 9.17) is 9.72 Å². The van der Waals surface area contributed by atoms with Gasteiger partial charge in [-0.25, -0.2) is 0 Å². The second kappa shape index (κ2) is 7.28. The van der Waals surface area contributed by atoms with Gasteiger partial charge in [0.15, 0.2) is 0 Å². The molecular weight excluding hydrogens is 286 g/mol. The van der Waals surface area contributed by atoms with Gasteiger partial charge < -0.3 is 9.64 Å². The quantitative estimate of drug-likeness (QED) is 0.848. The van der Waals surface area contributed by atoms with Crippen molar-refractivity contribution in [3.8, 4) is 0 Å². The molecule has 124 valence electrons. The molecule has 1 aliphatic rings. The Balaban J connectivity index is 1.81. The molecule has 2 aromatic rings. The minimum absolute atomic E-state index is 0.488. The summed E-state index contributed by atoms with van der Waals surface area (Å²) in [4.78, 5) is 9.79. The molecule has 1 fully saturated rings. The van der Waals surface area contributed by atoms with Gasteiger partial charge in [-0.1, -0.05) is 25.1 Å². The van der Waals surface area contributed by atoms with Crippen LogP contribution < -0.4 is 4.90 Å². The van der Waals surface area contributed by atoms with Crippen LogP contribution in [0.15, 0.2) is 30.3 Å². The Hall–Kier alpha value is -1.65. The number of piperazine rings is 1. The fourth-order valence-electron chi connectivity index (χ4n) is 3.40. The van der Waals surface area contributed by atoms with Crippen molar-refractivity contribution in [2.75, 3.05) is 44.8 Å². The average Bonchev–Trinajstić information content (AvgIpc) is 2.61. The van der Waals surface area contributed by atoms with Gasteiger partial charge in [0.25, 0.3) is 0 Å². The molecule has 1 saturated heterocycles. The van der Waals surface area contributed by atoms with Crippen molar-refractivity contribution < 1.29 is 4.74 Å². The molecule has 1 aromatic carbocycles. The molecule has 4 heteroatoms. The van der Waals surface area contributed by atoms with E-state index in [1.54, 1.807) is 7.11 Å². The van der Waals surface area contributed by atoms with Crippen molar-refractivity contribution in [3.05, 3.63) is 36.0 Å². The topological polar surface area (TPSA) is 28.6 Å². The molecule has 0 bridgehead atoms. The molecule has 1 atom stereocenters. The molecule has 1 aromatic heterocycles. The van der Waals surface area contributed by atoms with Gasteiger partial charge in [-0.15, -0.1) is 0 Å². The number of para-hydroxylation sites is 1. The zero-order valence-corrected chi connectivity index (χ0v) is 14.5. The number of aromatic nitrogens is 1. The molecule has 0 radical (unpaired) electrons. The summed E-state index contributed by atoms with van der Waals surface area (Å²) in [6.07, 6.45) is 0.975. The zero-order chi connectivity index (χ0) is 16.2. The molecule has 1 aliphatic heterocycles. The maximum Gasteiger partial charge on any atom is 0.0726 e. The Labute approximate surface area is 139 Å². The molecular formula is C19H27N3O. The van der Waals surface area contributed by atoms with Crippen LogP contribution in [0, 0.1) is 0 Å². The highest BCUT2D eigenvalue weighted by molar-refractivity contribution is 5.92. The largest absolute Gasteiger partial charge is 0.383 e. The maximum atomic E-state index is 5.29. The predicted octanol–water partition coefficient (Wildman–Crippen LogP) is 2.95. The van der Waals surface area contributed by atoms with E-state index in [1.807, 2.05) is 0 Å². The molecule has 3 rings (SSSR count). The van der Waals surface area contributed by atoms with Gasteiger partial charge >= 0.3 is 0 Å². The van der Waals surface area contributed by atoms with Crippen molar-refractivity contribution in [1.29, 1.82) is 0 Å². The Kier molecular flexibility index (Phi) is 5.13. The lowest BCUT2D eigenvalue weighted by Crippen LogP contribution is -2.50. The molecule has 1 unspecified atom stereocenters. The molecule has 0 amide bonds. The minimum atomic E-state index is 0.488. The highest BCUT2D eigenvalue weighted by Crippen LogP contribution is 2.28. The predicted molar refractivity (Wildman–Crippen MR) is 96.2 cm³/mol. The van der Waals surface area contributed by atoms with Gasteiger partial charge in [-0.3, -0.25) is 9.88 Å². The Morgan fingerprint density at radius 2 is 1.91 bits per heavy atom. The van der Waals surface area contributed by atoms with Crippen molar-refractivity contribution >= 4 is 16.6 Å². The number of rotatable bonds is 5. The van der Waals surface area contributed by atoms with Crippen LogP contribution in [-0.2, 0) is 11.2 Å². The fourth-order valence-corrected chi connectivity index (χ4v) is 3.40. The number of aryl methyl sites for hydroxylation is 1. The monoisotopic (exact) mass is 313 g/mol. The van der Waals surface area contributed by atoms with Crippen LogP contribution in [0.2, 0.25) is 0 Å². The van der Waals surface area contributed by atoms with Gasteiger partial charge in [0.1, 0.15) is 0 Å². The number of benzene rings is 1. The van der Waals surface area contributed by atoms with E-state index in [0.29, 0.717) is 6.04 Å². The molecule has 23 heavy (non-hydrogen) atoms. The Morgan fingerprint density at radius 1 is 1.17 bits per heavy atom. The first-order valence-corrected chi connectivity index (χ1v) is 8.59. The second-order valence-corrected chi connectivity index (χ2v) is 6.33. The summed E-state index contributed by atoms with van der Waals surface area (Å²) >= 11 is 0. The standard InChI is InChI=1S/C19H27N3O/c1-4-16-13-19(17-7-5-6-8-18(17)20-16)22-11-9-21(10-12-22)15(2)14-23-3/h5-8,13,15H,4,9-12,14H2,1-3H3. The smallest absolute Gasteiger partial charge is 0.0726 e. The summed E-state index contributed by atoms with van der Waals surface area (Å²) in [5, 5.41) is 1.27. The number of ether oxygens (including phenoxy) is 1. The lowest BCUT2D eigenvalue weighted by atomic mass is 10.1. The van der Waals surface area contributed by atoms with E-state index in [9.17, 15) is 0 Å². The lowest BCUT2D eigenvalue weighted by molar-refractivity contribution is 0.0953. The van der Waals surface area contributed by atoms with E-state index in [-0.39, 0.29) is 0 Å². The van der Waals surface area contributed by atoms with Crippen molar-refractivity contribution in [1.82, 2.24) is 9.88 Å². The lowest BCUT2D eigenvalue weighted by Gasteiger charge is -2.39. The van der Waals surface area contributed by atoms with Crippen LogP contribution in [0.4, 0.5) is 5.69 Å². The van der Waals surface area contributed by atoms with Crippen LogP contribution in [-0.4, -0.2) is 55.8 Å². The van der Waals surface area contributed by atoms with Gasteiger partial charge in [0, 0.05) is 56.1 Å². The first-order valence-electron chi connectivity index (χ1n) is 8.59. The SMILES string of the molecule is CCc1cc(N2CCN(C(C)COC)CC2)c2ccccc2n1. The van der Waals surface area contributed by atoms with E-state index >= 15 is 0 Å².